The van der Waals surface area contributed by atoms with Crippen molar-refractivity contribution in [3.63, 3.8) is 0 Å². The third-order valence-corrected chi connectivity index (χ3v) is 3.38. The highest BCUT2D eigenvalue weighted by molar-refractivity contribution is 7.16. The van der Waals surface area contributed by atoms with E-state index in [0.29, 0.717) is 10.9 Å². The molecule has 0 amide bonds. The van der Waals surface area contributed by atoms with Gasteiger partial charge in [0.1, 0.15) is 0 Å². The van der Waals surface area contributed by atoms with Gasteiger partial charge >= 0.3 is 11.9 Å². The zero-order valence-corrected chi connectivity index (χ0v) is 11.7. The minimum atomic E-state index is -0.401. The van der Waals surface area contributed by atoms with E-state index in [-0.39, 0.29) is 13.1 Å². The Kier molecular flexibility index (Phi) is 6.11. The summed E-state index contributed by atoms with van der Waals surface area (Å²) >= 11 is 7.23. The van der Waals surface area contributed by atoms with Gasteiger partial charge in [0.2, 0.25) is 0 Å². The van der Waals surface area contributed by atoms with Gasteiger partial charge in [-0.2, -0.15) is 0 Å². The van der Waals surface area contributed by atoms with Crippen molar-refractivity contribution in [2.24, 2.45) is 0 Å². The first-order valence-corrected chi connectivity index (χ1v) is 6.34. The molecular weight excluding hydrogens is 278 g/mol. The number of hydrogen-bond acceptors (Lipinski definition) is 6. The number of methoxy groups -OCH3 is 2. The predicted octanol–water partition coefficient (Wildman–Crippen LogP) is 1.55. The average molecular weight is 292 g/mol. The van der Waals surface area contributed by atoms with E-state index < -0.39 is 11.9 Å². The Balaban J connectivity index is 2.64. The molecule has 100 valence electrons. The number of nitrogens with zero attached hydrogens (tertiary/aromatic N) is 1. The lowest BCUT2D eigenvalue weighted by atomic mass is 10.4. The number of carbonyl (C=O) groups excluding carboxylic acids is 2. The fourth-order valence-electron chi connectivity index (χ4n) is 1.32. The lowest BCUT2D eigenvalue weighted by Crippen LogP contribution is -2.34. The minimum Gasteiger partial charge on any atom is -0.468 e. The second-order valence-corrected chi connectivity index (χ2v) is 5.30. The molecule has 1 rings (SSSR count). The fraction of sp³-hybridized carbons (Fsp3) is 0.455. The number of halogens is 1. The van der Waals surface area contributed by atoms with Crippen LogP contribution in [0, 0.1) is 0 Å². The van der Waals surface area contributed by atoms with Crippen LogP contribution in [-0.2, 0) is 25.6 Å². The highest BCUT2D eigenvalue weighted by atomic mass is 35.5. The van der Waals surface area contributed by atoms with E-state index in [1.807, 2.05) is 6.07 Å². The number of thiophene rings is 1. The summed E-state index contributed by atoms with van der Waals surface area (Å²) in [6.07, 6.45) is 0. The maximum Gasteiger partial charge on any atom is 0.319 e. The second kappa shape index (κ2) is 7.35. The molecule has 0 N–H and O–H groups in total. The van der Waals surface area contributed by atoms with Gasteiger partial charge in [-0.05, 0) is 12.1 Å². The zero-order valence-electron chi connectivity index (χ0n) is 10.1. The van der Waals surface area contributed by atoms with Crippen molar-refractivity contribution in [1.29, 1.82) is 0 Å². The van der Waals surface area contributed by atoms with E-state index in [1.54, 1.807) is 11.0 Å². The molecule has 0 saturated carbocycles. The van der Waals surface area contributed by atoms with Crippen LogP contribution < -0.4 is 0 Å². The summed E-state index contributed by atoms with van der Waals surface area (Å²) in [6.45, 7) is 0.504. The molecule has 0 aliphatic rings. The summed E-state index contributed by atoms with van der Waals surface area (Å²) in [5.41, 5.74) is 0. The topological polar surface area (TPSA) is 55.8 Å². The molecule has 7 heteroatoms. The molecule has 0 saturated heterocycles. The van der Waals surface area contributed by atoms with Gasteiger partial charge in [-0.15, -0.1) is 11.3 Å². The lowest BCUT2D eigenvalue weighted by Gasteiger charge is -2.18. The molecule has 0 atom stereocenters. The summed E-state index contributed by atoms with van der Waals surface area (Å²) in [5.74, 6) is -0.803. The minimum absolute atomic E-state index is 0.0289. The molecular formula is C11H14ClNO4S. The van der Waals surface area contributed by atoms with Crippen molar-refractivity contribution < 1.29 is 19.1 Å². The average Bonchev–Trinajstić information content (AvgIpc) is 2.74. The molecule has 0 aliphatic carbocycles. The monoisotopic (exact) mass is 291 g/mol. The Hall–Kier alpha value is -1.11. The number of carbonyl (C=O) groups is 2. The van der Waals surface area contributed by atoms with Crippen LogP contribution in [0.2, 0.25) is 4.34 Å². The molecule has 1 aromatic heterocycles. The van der Waals surface area contributed by atoms with Gasteiger partial charge in [0.25, 0.3) is 0 Å². The maximum absolute atomic E-state index is 11.2. The van der Waals surface area contributed by atoms with Crippen LogP contribution >= 0.6 is 22.9 Å². The number of esters is 2. The number of ether oxygens (including phenoxy) is 2. The zero-order chi connectivity index (χ0) is 13.5. The van der Waals surface area contributed by atoms with Crippen LogP contribution in [0.15, 0.2) is 12.1 Å². The molecule has 0 unspecified atom stereocenters. The standard InChI is InChI=1S/C11H14ClNO4S/c1-16-10(14)6-13(7-11(15)17-2)5-8-3-4-9(12)18-8/h3-4H,5-7H2,1-2H3. The third-order valence-electron chi connectivity index (χ3n) is 2.17. The van der Waals surface area contributed by atoms with E-state index in [0.717, 1.165) is 4.88 Å². The van der Waals surface area contributed by atoms with E-state index in [2.05, 4.69) is 9.47 Å². The van der Waals surface area contributed by atoms with Crippen LogP contribution in [0.1, 0.15) is 4.88 Å². The molecule has 18 heavy (non-hydrogen) atoms. The molecule has 5 nitrogen and oxygen atoms in total. The smallest absolute Gasteiger partial charge is 0.319 e. The quantitative estimate of drug-likeness (QED) is 0.744. The van der Waals surface area contributed by atoms with Gasteiger partial charge in [0.05, 0.1) is 31.6 Å². The van der Waals surface area contributed by atoms with Crippen molar-refractivity contribution in [3.8, 4) is 0 Å². The van der Waals surface area contributed by atoms with Crippen LogP contribution in [-0.4, -0.2) is 44.1 Å². The third kappa shape index (κ3) is 5.03. The van der Waals surface area contributed by atoms with E-state index >= 15 is 0 Å². The van der Waals surface area contributed by atoms with Crippen LogP contribution in [0.3, 0.4) is 0 Å². The largest absolute Gasteiger partial charge is 0.468 e. The van der Waals surface area contributed by atoms with Gasteiger partial charge in [-0.3, -0.25) is 14.5 Å². The first-order valence-electron chi connectivity index (χ1n) is 5.15. The molecule has 0 spiro atoms. The first kappa shape index (κ1) is 14.9. The summed E-state index contributed by atoms with van der Waals surface area (Å²) in [4.78, 5) is 25.1. The van der Waals surface area contributed by atoms with Crippen molar-refractivity contribution in [1.82, 2.24) is 4.90 Å². The van der Waals surface area contributed by atoms with E-state index in [4.69, 9.17) is 11.6 Å². The van der Waals surface area contributed by atoms with Crippen molar-refractivity contribution >= 4 is 34.9 Å². The Morgan fingerprint density at radius 3 is 2.17 bits per heavy atom. The molecule has 1 heterocycles. The molecule has 0 fully saturated rings. The SMILES string of the molecule is COC(=O)CN(CC(=O)OC)Cc1ccc(Cl)s1. The summed E-state index contributed by atoms with van der Waals surface area (Å²) in [6, 6.07) is 3.63. The van der Waals surface area contributed by atoms with Crippen LogP contribution in [0.5, 0.6) is 0 Å². The van der Waals surface area contributed by atoms with Gasteiger partial charge in [-0.25, -0.2) is 0 Å². The highest BCUT2D eigenvalue weighted by Gasteiger charge is 2.16. The van der Waals surface area contributed by atoms with Crippen molar-refractivity contribution in [3.05, 3.63) is 21.3 Å². The van der Waals surface area contributed by atoms with E-state index in [9.17, 15) is 9.59 Å². The normalized spacial score (nSPS) is 10.4. The summed E-state index contributed by atoms with van der Waals surface area (Å²) < 4.78 is 9.83. The summed E-state index contributed by atoms with van der Waals surface area (Å²) in [5, 5.41) is 0. The molecule has 0 radical (unpaired) electrons. The number of hydrogen-bond donors (Lipinski definition) is 0. The highest BCUT2D eigenvalue weighted by Crippen LogP contribution is 2.22. The van der Waals surface area contributed by atoms with Crippen LogP contribution in [0.25, 0.3) is 0 Å². The Morgan fingerprint density at radius 1 is 1.22 bits per heavy atom. The van der Waals surface area contributed by atoms with Crippen molar-refractivity contribution in [2.45, 2.75) is 6.54 Å². The Morgan fingerprint density at radius 2 is 1.78 bits per heavy atom. The molecule has 0 bridgehead atoms. The Labute approximate surface area is 114 Å². The molecule has 0 aliphatic heterocycles. The summed E-state index contributed by atoms with van der Waals surface area (Å²) in [7, 11) is 2.61. The van der Waals surface area contributed by atoms with E-state index in [1.165, 1.54) is 25.6 Å². The first-order chi connectivity index (χ1) is 8.55. The van der Waals surface area contributed by atoms with Gasteiger partial charge < -0.3 is 9.47 Å². The fourth-order valence-corrected chi connectivity index (χ4v) is 2.45. The van der Waals surface area contributed by atoms with Crippen LogP contribution in [0.4, 0.5) is 0 Å². The van der Waals surface area contributed by atoms with Gasteiger partial charge in [0.15, 0.2) is 0 Å². The lowest BCUT2D eigenvalue weighted by molar-refractivity contribution is -0.145. The maximum atomic E-state index is 11.2. The number of rotatable bonds is 6. The van der Waals surface area contributed by atoms with Crippen molar-refractivity contribution in [2.75, 3.05) is 27.3 Å². The molecule has 1 aromatic rings. The second-order valence-electron chi connectivity index (χ2n) is 3.50. The predicted molar refractivity (Wildman–Crippen MR) is 68.6 cm³/mol. The van der Waals surface area contributed by atoms with Gasteiger partial charge in [0, 0.05) is 11.4 Å². The Bertz CT molecular complexity index is 403. The van der Waals surface area contributed by atoms with Gasteiger partial charge in [-0.1, -0.05) is 11.6 Å². The molecule has 0 aromatic carbocycles.